The van der Waals surface area contributed by atoms with Gasteiger partial charge in [0, 0.05) is 50.3 Å². The molecule has 0 saturated carbocycles. The summed E-state index contributed by atoms with van der Waals surface area (Å²) in [6.07, 6.45) is 6.45. The molecule has 21 heavy (non-hydrogen) atoms. The summed E-state index contributed by atoms with van der Waals surface area (Å²) >= 11 is 0. The lowest BCUT2D eigenvalue weighted by Gasteiger charge is -2.18. The van der Waals surface area contributed by atoms with Crippen LogP contribution in [0.15, 0.2) is 43.0 Å². The van der Waals surface area contributed by atoms with E-state index in [2.05, 4.69) is 29.2 Å². The van der Waals surface area contributed by atoms with Gasteiger partial charge in [-0.05, 0) is 30.7 Å². The molecule has 5 nitrogen and oxygen atoms in total. The van der Waals surface area contributed by atoms with Gasteiger partial charge in [-0.2, -0.15) is 0 Å². The van der Waals surface area contributed by atoms with Crippen LogP contribution in [0.3, 0.4) is 0 Å². The number of rotatable bonds is 7. The van der Waals surface area contributed by atoms with Crippen LogP contribution in [0.5, 0.6) is 0 Å². The average molecular weight is 286 g/mol. The molecule has 0 atom stereocenters. The van der Waals surface area contributed by atoms with Crippen molar-refractivity contribution in [3.8, 4) is 0 Å². The highest BCUT2D eigenvalue weighted by Crippen LogP contribution is 2.14. The summed E-state index contributed by atoms with van der Waals surface area (Å²) in [6, 6.07) is 7.71. The van der Waals surface area contributed by atoms with Crippen molar-refractivity contribution in [3.05, 3.63) is 48.5 Å². The number of imidazole rings is 1. The van der Waals surface area contributed by atoms with Crippen LogP contribution in [-0.4, -0.2) is 35.6 Å². The zero-order chi connectivity index (χ0) is 15.1. The van der Waals surface area contributed by atoms with E-state index in [4.69, 9.17) is 0 Å². The van der Waals surface area contributed by atoms with E-state index in [1.807, 2.05) is 35.0 Å². The second kappa shape index (κ2) is 7.47. The quantitative estimate of drug-likeness (QED) is 0.848. The molecule has 1 aromatic heterocycles. The Kier molecular flexibility index (Phi) is 5.37. The largest absolute Gasteiger partial charge is 0.375 e. The van der Waals surface area contributed by atoms with Gasteiger partial charge >= 0.3 is 0 Å². The Balaban J connectivity index is 1.84. The topological polar surface area (TPSA) is 50.2 Å². The van der Waals surface area contributed by atoms with Crippen molar-refractivity contribution < 1.29 is 4.79 Å². The predicted molar refractivity (Wildman–Crippen MR) is 84.6 cm³/mol. The van der Waals surface area contributed by atoms with Crippen molar-refractivity contribution in [2.45, 2.75) is 19.9 Å². The van der Waals surface area contributed by atoms with Crippen molar-refractivity contribution in [3.63, 3.8) is 0 Å². The van der Waals surface area contributed by atoms with Crippen molar-refractivity contribution in [2.24, 2.45) is 0 Å². The Hall–Kier alpha value is -2.30. The molecule has 0 radical (unpaired) electrons. The van der Waals surface area contributed by atoms with E-state index in [0.717, 1.165) is 25.2 Å². The van der Waals surface area contributed by atoms with Gasteiger partial charge in [0.05, 0.1) is 6.33 Å². The lowest BCUT2D eigenvalue weighted by atomic mass is 10.2. The number of carbonyl (C=O) groups excluding carboxylic acids is 1. The Morgan fingerprint density at radius 2 is 2.10 bits per heavy atom. The Morgan fingerprint density at radius 1 is 1.33 bits per heavy atom. The summed E-state index contributed by atoms with van der Waals surface area (Å²) in [5.74, 6) is -0.0418. The maximum absolute atomic E-state index is 12.0. The highest BCUT2D eigenvalue weighted by atomic mass is 16.1. The van der Waals surface area contributed by atoms with E-state index in [1.54, 1.807) is 12.5 Å². The van der Waals surface area contributed by atoms with E-state index >= 15 is 0 Å². The van der Waals surface area contributed by atoms with Gasteiger partial charge in [-0.3, -0.25) is 4.79 Å². The summed E-state index contributed by atoms with van der Waals surface area (Å²) in [4.78, 5) is 18.2. The van der Waals surface area contributed by atoms with Crippen LogP contribution in [0.25, 0.3) is 0 Å². The van der Waals surface area contributed by atoms with Gasteiger partial charge in [-0.1, -0.05) is 6.92 Å². The molecule has 0 unspecified atom stereocenters. The third-order valence-electron chi connectivity index (χ3n) is 3.34. The van der Waals surface area contributed by atoms with E-state index in [0.29, 0.717) is 12.1 Å². The second-order valence-corrected chi connectivity index (χ2v) is 5.02. The minimum Gasteiger partial charge on any atom is -0.375 e. The molecule has 1 heterocycles. The number of nitrogens with one attached hydrogen (secondary N) is 1. The summed E-state index contributed by atoms with van der Waals surface area (Å²) in [5.41, 5.74) is 1.82. The minimum atomic E-state index is -0.0418. The molecule has 0 spiro atoms. The SMILES string of the molecule is CCCN(C)c1ccc(C(=O)NCCn2ccnc2)cc1. The first-order chi connectivity index (χ1) is 10.2. The number of hydrogen-bond donors (Lipinski definition) is 1. The monoisotopic (exact) mass is 286 g/mol. The van der Waals surface area contributed by atoms with E-state index in [-0.39, 0.29) is 5.91 Å². The van der Waals surface area contributed by atoms with E-state index in [1.165, 1.54) is 0 Å². The van der Waals surface area contributed by atoms with Gasteiger partial charge in [0.25, 0.3) is 5.91 Å². The molecule has 0 saturated heterocycles. The molecular weight excluding hydrogens is 264 g/mol. The zero-order valence-corrected chi connectivity index (χ0v) is 12.6. The Bertz CT molecular complexity index is 548. The molecule has 0 bridgehead atoms. The van der Waals surface area contributed by atoms with Crippen LogP contribution in [0.1, 0.15) is 23.7 Å². The van der Waals surface area contributed by atoms with Crippen LogP contribution >= 0.6 is 0 Å². The molecule has 2 aromatic rings. The number of carbonyl (C=O) groups is 1. The molecule has 0 fully saturated rings. The number of anilines is 1. The first kappa shape index (κ1) is 15.1. The Morgan fingerprint density at radius 3 is 2.71 bits per heavy atom. The second-order valence-electron chi connectivity index (χ2n) is 5.02. The number of aromatic nitrogens is 2. The third kappa shape index (κ3) is 4.34. The summed E-state index contributed by atoms with van der Waals surface area (Å²) in [6.45, 7) is 4.48. The van der Waals surface area contributed by atoms with Crippen molar-refractivity contribution in [1.82, 2.24) is 14.9 Å². The predicted octanol–water partition coefficient (Wildman–Crippen LogP) is 2.16. The molecule has 1 N–H and O–H groups in total. The lowest BCUT2D eigenvalue weighted by molar-refractivity contribution is 0.0952. The molecule has 112 valence electrons. The van der Waals surface area contributed by atoms with Crippen LogP contribution in [0.4, 0.5) is 5.69 Å². The van der Waals surface area contributed by atoms with Crippen LogP contribution in [0, 0.1) is 0 Å². The third-order valence-corrected chi connectivity index (χ3v) is 3.34. The molecule has 0 aliphatic carbocycles. The highest BCUT2D eigenvalue weighted by molar-refractivity contribution is 5.94. The zero-order valence-electron chi connectivity index (χ0n) is 12.6. The van der Waals surface area contributed by atoms with Gasteiger partial charge < -0.3 is 14.8 Å². The van der Waals surface area contributed by atoms with Gasteiger partial charge in [-0.15, -0.1) is 0 Å². The van der Waals surface area contributed by atoms with Crippen molar-refractivity contribution >= 4 is 11.6 Å². The minimum absolute atomic E-state index is 0.0418. The van der Waals surface area contributed by atoms with Crippen LogP contribution in [0.2, 0.25) is 0 Å². The number of nitrogens with zero attached hydrogens (tertiary/aromatic N) is 3. The lowest BCUT2D eigenvalue weighted by Crippen LogP contribution is -2.27. The van der Waals surface area contributed by atoms with Gasteiger partial charge in [0.2, 0.25) is 0 Å². The number of amides is 1. The van der Waals surface area contributed by atoms with Crippen LogP contribution in [-0.2, 0) is 6.54 Å². The van der Waals surface area contributed by atoms with Crippen molar-refractivity contribution in [1.29, 1.82) is 0 Å². The fraction of sp³-hybridized carbons (Fsp3) is 0.375. The molecule has 1 amide bonds. The first-order valence-corrected chi connectivity index (χ1v) is 7.26. The van der Waals surface area contributed by atoms with Gasteiger partial charge in [0.1, 0.15) is 0 Å². The summed E-state index contributed by atoms with van der Waals surface area (Å²) < 4.78 is 1.93. The summed E-state index contributed by atoms with van der Waals surface area (Å²) in [5, 5.41) is 2.91. The normalized spacial score (nSPS) is 10.4. The highest BCUT2D eigenvalue weighted by Gasteiger charge is 2.06. The van der Waals surface area contributed by atoms with E-state index < -0.39 is 0 Å². The molecule has 1 aromatic carbocycles. The molecule has 2 rings (SSSR count). The fourth-order valence-electron chi connectivity index (χ4n) is 2.15. The fourth-order valence-corrected chi connectivity index (χ4v) is 2.15. The van der Waals surface area contributed by atoms with Crippen molar-refractivity contribution in [2.75, 3.05) is 25.0 Å². The molecule has 0 aliphatic heterocycles. The number of hydrogen-bond acceptors (Lipinski definition) is 3. The maximum Gasteiger partial charge on any atom is 0.251 e. The molecular formula is C16H22N4O. The maximum atomic E-state index is 12.0. The van der Waals surface area contributed by atoms with Crippen LogP contribution < -0.4 is 10.2 Å². The van der Waals surface area contributed by atoms with Gasteiger partial charge in [-0.25, -0.2) is 4.98 Å². The molecule has 0 aliphatic rings. The smallest absolute Gasteiger partial charge is 0.251 e. The first-order valence-electron chi connectivity index (χ1n) is 7.26. The summed E-state index contributed by atoms with van der Waals surface area (Å²) in [7, 11) is 2.06. The number of benzene rings is 1. The van der Waals surface area contributed by atoms with Gasteiger partial charge in [0.15, 0.2) is 0 Å². The standard InChI is InChI=1S/C16H22N4O/c1-3-10-19(2)15-6-4-14(5-7-15)16(21)18-9-12-20-11-8-17-13-20/h4-8,11,13H,3,9-10,12H2,1-2H3,(H,18,21). The average Bonchev–Trinajstić information content (AvgIpc) is 3.01. The molecule has 5 heteroatoms. The Labute approximate surface area is 125 Å². The van der Waals surface area contributed by atoms with E-state index in [9.17, 15) is 4.79 Å².